The van der Waals surface area contributed by atoms with Crippen molar-refractivity contribution in [3.8, 4) is 33.8 Å². The Balaban J connectivity index is 0.0000102. The van der Waals surface area contributed by atoms with E-state index in [0.717, 1.165) is 36.8 Å². The molecule has 9 rings (SSSR count). The second-order valence-corrected chi connectivity index (χ2v) is 18.7. The molecule has 0 aliphatic carbocycles. The zero-order chi connectivity index (χ0) is 65.3. The first kappa shape index (κ1) is 32.8. The Hall–Kier alpha value is -6.07. The second kappa shape index (κ2) is 22.1. The molecule has 0 saturated carbocycles. The molecule has 0 aliphatic rings. The van der Waals surface area contributed by atoms with Crippen LogP contribution in [-0.2, 0) is 64.7 Å². The van der Waals surface area contributed by atoms with Gasteiger partial charge in [-0.1, -0.05) is 110 Å². The summed E-state index contributed by atoms with van der Waals surface area (Å²) in [6, 6.07) is 33.3. The van der Waals surface area contributed by atoms with Gasteiger partial charge in [-0.25, -0.2) is 4.39 Å². The van der Waals surface area contributed by atoms with Gasteiger partial charge in [-0.05, 0) is 147 Å². The number of aryl methyl sites for hydroxylation is 6. The minimum Gasteiger partial charge on any atom is -0.500 e. The molecule has 0 radical (unpaired) electrons. The summed E-state index contributed by atoms with van der Waals surface area (Å²) >= 11 is 0. The number of rotatable bonds is 16. The minimum atomic E-state index is -3.43. The summed E-state index contributed by atoms with van der Waals surface area (Å²) in [5.41, 5.74) is -3.79. The summed E-state index contributed by atoms with van der Waals surface area (Å²) in [5.74, 6) is -6.10. The third kappa shape index (κ3) is 11.8. The van der Waals surface area contributed by atoms with Gasteiger partial charge in [0.05, 0.1) is 6.95 Å². The van der Waals surface area contributed by atoms with Crippen molar-refractivity contribution in [2.45, 2.75) is 125 Å². The van der Waals surface area contributed by atoms with Crippen LogP contribution in [0.25, 0.3) is 55.7 Å². The predicted octanol–water partition coefficient (Wildman–Crippen LogP) is 16.6. The van der Waals surface area contributed by atoms with Crippen molar-refractivity contribution in [2.24, 2.45) is 5.41 Å². The van der Waals surface area contributed by atoms with Crippen LogP contribution in [0, 0.1) is 29.4 Å². The number of benzene rings is 5. The maximum Gasteiger partial charge on any atom is 3.00 e. The van der Waals surface area contributed by atoms with Crippen molar-refractivity contribution >= 4 is 21.9 Å². The Morgan fingerprint density at radius 3 is 1.46 bits per heavy atom. The molecule has 0 atom stereocenters. The van der Waals surface area contributed by atoms with Crippen molar-refractivity contribution in [2.75, 3.05) is 0 Å². The SMILES string of the molecule is [2H]c1cc2c(oc3c(-c4cc(C([2H])(C)C)c(C([2H])([2H])C([2H])([2H])c5cc(C([2H])([2H])C([2H])([2H])c6cnc(-c7[c-]cccc7)cc6C([2H])(C)C)cc(C([2H])([2H])C([2H])([2H])c6cnc(-c7[c-]cccc7)cc6C([2H])(C)C)c5)cn4)[c-]ccc32)c(C([2H])([2H])C(C)(C)C)c1F.[Ir+3]. The van der Waals surface area contributed by atoms with Gasteiger partial charge in [-0.2, -0.15) is 0 Å². The van der Waals surface area contributed by atoms with E-state index in [1.54, 1.807) is 75.4 Å². The summed E-state index contributed by atoms with van der Waals surface area (Å²) < 4.78 is 195. The van der Waals surface area contributed by atoms with Gasteiger partial charge in [0.1, 0.15) is 11.4 Å². The van der Waals surface area contributed by atoms with Crippen LogP contribution in [0.4, 0.5) is 4.39 Å². The zero-order valence-corrected chi connectivity index (χ0v) is 43.4. The van der Waals surface area contributed by atoms with E-state index in [0.29, 0.717) is 27.9 Å². The maximum atomic E-state index is 16.0. The standard InChI is InChI=1S/C65H65FN3O.Ir/c1-41(2)55-34-60(47-17-12-10-13-18-47)67-38-49(55)26-23-44-31-45(24-27-50-39-68-61(35-56(50)42(3)4)48-19-14-11-15-20-48)33-46(32-44)25-28-51-40-69-62(36-57(51)43(5)6)54-22-16-21-52-53-29-30-59(66)58(37-65(7,8)9)64(53)70-63(52)54;/h10-17,19,21,29-36,38-43H,23-28,37H2,1-9H3;/q-3;+3/i23D2,24D2,25D2,26D2,27D2,28D2,30D,37D2,41D,42D,43D;. The molecule has 0 amide bonds. The molecule has 9 aromatic rings. The molecule has 0 spiro atoms. The average molecular weight is 1130 g/mol. The van der Waals surface area contributed by atoms with E-state index in [4.69, 9.17) is 8.53 Å². The number of pyridine rings is 3. The molecule has 0 aliphatic heterocycles. The van der Waals surface area contributed by atoms with Gasteiger partial charge in [-0.15, -0.1) is 90.0 Å². The van der Waals surface area contributed by atoms with Gasteiger partial charge < -0.3 is 19.4 Å². The summed E-state index contributed by atoms with van der Waals surface area (Å²) in [5, 5.41) is 0.543. The Morgan fingerprint density at radius 1 is 0.577 bits per heavy atom. The first-order valence-electron chi connectivity index (χ1n) is 32.0. The summed E-state index contributed by atoms with van der Waals surface area (Å²) in [4.78, 5) is 13.5. The van der Waals surface area contributed by atoms with Crippen molar-refractivity contribution < 1.29 is 53.6 Å². The average Bonchev–Trinajstić information content (AvgIpc) is 1.39. The Bertz CT molecular complexity index is 4020. The molecule has 0 saturated heterocycles. The van der Waals surface area contributed by atoms with Crippen LogP contribution < -0.4 is 0 Å². The van der Waals surface area contributed by atoms with Crippen LogP contribution in [0.15, 0.2) is 132 Å². The Labute approximate surface area is 460 Å². The van der Waals surface area contributed by atoms with Gasteiger partial charge in [0.2, 0.25) is 0 Å². The monoisotopic (exact) mass is 1130 g/mol. The first-order chi connectivity index (χ1) is 40.3. The van der Waals surface area contributed by atoms with E-state index in [2.05, 4.69) is 33.2 Å². The van der Waals surface area contributed by atoms with Crippen LogP contribution in [-0.4, -0.2) is 15.0 Å². The van der Waals surface area contributed by atoms with Crippen LogP contribution in [0.3, 0.4) is 0 Å². The van der Waals surface area contributed by atoms with Gasteiger partial charge in [0, 0.05) is 52.8 Å². The largest absolute Gasteiger partial charge is 3.00 e. The molecule has 0 fully saturated rings. The predicted molar refractivity (Wildman–Crippen MR) is 287 cm³/mol. The minimum absolute atomic E-state index is 0. The molecular weight excluding hydrogens is 1050 g/mol. The second-order valence-electron chi connectivity index (χ2n) is 18.7. The molecule has 0 N–H and O–H groups in total. The van der Waals surface area contributed by atoms with Crippen LogP contribution in [0.1, 0.15) is 160 Å². The number of fused-ring (bicyclic) bond motifs is 3. The summed E-state index contributed by atoms with van der Waals surface area (Å²) in [7, 11) is 0. The molecule has 4 aromatic heterocycles. The van der Waals surface area contributed by atoms with E-state index in [1.807, 2.05) is 0 Å². The zero-order valence-electron chi connectivity index (χ0n) is 59.0. The van der Waals surface area contributed by atoms with E-state index in [-0.39, 0.29) is 64.6 Å². The van der Waals surface area contributed by atoms with Crippen LogP contribution >= 0.6 is 0 Å². The molecule has 5 aromatic carbocycles. The van der Waals surface area contributed by atoms with Crippen LogP contribution in [0.2, 0.25) is 0 Å². The van der Waals surface area contributed by atoms with Gasteiger partial charge >= 0.3 is 20.1 Å². The molecule has 4 nitrogen and oxygen atoms in total. The summed E-state index contributed by atoms with van der Waals surface area (Å²) in [6.07, 6.45) is -19.0. The molecule has 71 heavy (non-hydrogen) atoms. The maximum absolute atomic E-state index is 16.0. The third-order valence-electron chi connectivity index (χ3n) is 11.5. The molecule has 0 bridgehead atoms. The van der Waals surface area contributed by atoms with Crippen molar-refractivity contribution in [3.05, 3.63) is 207 Å². The fraction of sp³-hybridized carbons (Fsp3) is 0.308. The van der Waals surface area contributed by atoms with Crippen molar-refractivity contribution in [3.63, 3.8) is 0 Å². The third-order valence-corrected chi connectivity index (χ3v) is 11.5. The summed E-state index contributed by atoms with van der Waals surface area (Å²) in [6.45, 7) is 13.5. The molecule has 0 unspecified atom stereocenters. The number of nitrogens with zero attached hydrogens (tertiary/aromatic N) is 3. The number of furan rings is 1. The number of aromatic nitrogens is 3. The topological polar surface area (TPSA) is 51.8 Å². The van der Waals surface area contributed by atoms with Gasteiger partial charge in [-0.3, -0.25) is 0 Å². The smallest absolute Gasteiger partial charge is 0.500 e. The normalized spacial score (nSPS) is 17.5. The molecule has 4 heterocycles. The van der Waals surface area contributed by atoms with E-state index in [1.165, 1.54) is 71.9 Å². The van der Waals surface area contributed by atoms with Crippen LogP contribution in [0.5, 0.6) is 0 Å². The van der Waals surface area contributed by atoms with Gasteiger partial charge in [0.15, 0.2) is 0 Å². The fourth-order valence-electron chi connectivity index (χ4n) is 8.10. The van der Waals surface area contributed by atoms with Crippen molar-refractivity contribution in [1.29, 1.82) is 0 Å². The fourth-order valence-corrected chi connectivity index (χ4v) is 8.10. The van der Waals surface area contributed by atoms with E-state index >= 15 is 4.39 Å². The van der Waals surface area contributed by atoms with Gasteiger partial charge in [0.25, 0.3) is 0 Å². The van der Waals surface area contributed by atoms with Crippen molar-refractivity contribution in [1.82, 2.24) is 15.0 Å². The quantitative estimate of drug-likeness (QED) is 0.0905. The Kier molecular flexibility index (Phi) is 10.2. The molecule has 362 valence electrons. The van der Waals surface area contributed by atoms with E-state index in [9.17, 15) is 20.6 Å². The number of hydrogen-bond acceptors (Lipinski definition) is 4. The first-order valence-corrected chi connectivity index (χ1v) is 23.0. The van der Waals surface area contributed by atoms with E-state index < -0.39 is 119 Å². The molecular formula is C65H65FIrN3O. The molecule has 6 heteroatoms. The Morgan fingerprint density at radius 2 is 1.03 bits per heavy atom. The number of halogens is 1. The number of hydrogen-bond donors (Lipinski definition) is 0.